The smallest absolute Gasteiger partial charge is 0.475 e. The van der Waals surface area contributed by atoms with E-state index in [1.165, 1.54) is 0 Å². The first-order valence-corrected chi connectivity index (χ1v) is 8.43. The predicted molar refractivity (Wildman–Crippen MR) is 98.2 cm³/mol. The summed E-state index contributed by atoms with van der Waals surface area (Å²) in [6, 6.07) is 17.3. The summed E-state index contributed by atoms with van der Waals surface area (Å²) < 4.78 is 5.54. The summed E-state index contributed by atoms with van der Waals surface area (Å²) in [4.78, 5) is 12.0. The fraction of sp³-hybridized carbons (Fsp3) is 0.316. The Bertz CT molecular complexity index is 663. The van der Waals surface area contributed by atoms with Crippen LogP contribution < -0.4 is 10.1 Å². The van der Waals surface area contributed by atoms with Gasteiger partial charge in [0.15, 0.2) is 0 Å². The molecule has 1 unspecified atom stereocenters. The highest BCUT2D eigenvalue weighted by Gasteiger charge is 2.24. The van der Waals surface area contributed by atoms with Gasteiger partial charge in [-0.15, -0.1) is 0 Å². The van der Waals surface area contributed by atoms with Gasteiger partial charge >= 0.3 is 7.12 Å². The Morgan fingerprint density at radius 2 is 1.92 bits per heavy atom. The summed E-state index contributed by atoms with van der Waals surface area (Å²) in [7, 11) is -1.59. The molecule has 0 heterocycles. The van der Waals surface area contributed by atoms with E-state index >= 15 is 0 Å². The fourth-order valence-corrected chi connectivity index (χ4v) is 2.51. The highest BCUT2D eigenvalue weighted by molar-refractivity contribution is 6.43. The van der Waals surface area contributed by atoms with Crippen molar-refractivity contribution < 1.29 is 19.6 Å². The molecule has 5 nitrogen and oxygen atoms in total. The van der Waals surface area contributed by atoms with Gasteiger partial charge in [0.1, 0.15) is 5.75 Å². The minimum absolute atomic E-state index is 0.155. The van der Waals surface area contributed by atoms with Gasteiger partial charge in [-0.25, -0.2) is 0 Å². The second-order valence-electron chi connectivity index (χ2n) is 6.03. The maximum atomic E-state index is 12.0. The van der Waals surface area contributed by atoms with Gasteiger partial charge in [0.25, 0.3) is 0 Å². The third kappa shape index (κ3) is 6.99. The van der Waals surface area contributed by atoms with Gasteiger partial charge < -0.3 is 20.1 Å². The number of rotatable bonds is 9. The molecule has 0 bridgehead atoms. The van der Waals surface area contributed by atoms with E-state index in [9.17, 15) is 14.8 Å². The number of carbonyl (C=O) groups excluding carboxylic acids is 1. The number of nitrogens with one attached hydrogen (secondary N) is 1. The molecule has 2 aromatic rings. The van der Waals surface area contributed by atoms with Crippen LogP contribution in [0.15, 0.2) is 54.6 Å². The van der Waals surface area contributed by atoms with Crippen molar-refractivity contribution in [1.29, 1.82) is 0 Å². The van der Waals surface area contributed by atoms with E-state index in [0.717, 1.165) is 16.9 Å². The van der Waals surface area contributed by atoms with Crippen LogP contribution in [0.1, 0.15) is 24.0 Å². The van der Waals surface area contributed by atoms with Crippen LogP contribution in [0.2, 0.25) is 0 Å². The lowest BCUT2D eigenvalue weighted by Crippen LogP contribution is -2.47. The van der Waals surface area contributed by atoms with Gasteiger partial charge in [-0.3, -0.25) is 4.79 Å². The quantitative estimate of drug-likeness (QED) is 0.609. The van der Waals surface area contributed by atoms with E-state index in [-0.39, 0.29) is 18.9 Å². The molecule has 3 N–H and O–H groups in total. The summed E-state index contributed by atoms with van der Waals surface area (Å²) in [5.41, 5.74) is 2.18. The Morgan fingerprint density at radius 3 is 2.60 bits per heavy atom. The molecule has 0 fully saturated rings. The number of benzene rings is 2. The van der Waals surface area contributed by atoms with Crippen molar-refractivity contribution in [3.63, 3.8) is 0 Å². The van der Waals surface area contributed by atoms with Gasteiger partial charge in [0, 0.05) is 0 Å². The van der Waals surface area contributed by atoms with Crippen molar-refractivity contribution in [2.24, 2.45) is 0 Å². The first-order valence-electron chi connectivity index (χ1n) is 8.43. The second kappa shape index (κ2) is 9.86. The minimum atomic E-state index is -1.59. The Hall–Kier alpha value is -2.31. The molecule has 132 valence electrons. The van der Waals surface area contributed by atoms with Gasteiger partial charge in [-0.1, -0.05) is 42.5 Å². The SMILES string of the molecule is Cc1cccc(OCCC(=O)NC(CCc2ccccc2)B(O)O)c1. The Labute approximate surface area is 148 Å². The van der Waals surface area contributed by atoms with E-state index < -0.39 is 13.1 Å². The molecule has 0 aliphatic rings. The molecule has 1 atom stereocenters. The van der Waals surface area contributed by atoms with Gasteiger partial charge in [-0.2, -0.15) is 0 Å². The number of ether oxygens (including phenoxy) is 1. The molecule has 0 spiro atoms. The van der Waals surface area contributed by atoms with Crippen LogP contribution in [-0.4, -0.2) is 35.6 Å². The number of amides is 1. The largest absolute Gasteiger partial charge is 0.493 e. The Morgan fingerprint density at radius 1 is 1.16 bits per heavy atom. The normalized spacial score (nSPS) is 11.6. The van der Waals surface area contributed by atoms with Crippen molar-refractivity contribution in [3.05, 3.63) is 65.7 Å². The van der Waals surface area contributed by atoms with Crippen LogP contribution in [0.5, 0.6) is 5.75 Å². The lowest BCUT2D eigenvalue weighted by atomic mass is 9.76. The average molecular weight is 341 g/mol. The van der Waals surface area contributed by atoms with Crippen LogP contribution in [0.3, 0.4) is 0 Å². The molecule has 0 aromatic heterocycles. The summed E-state index contributed by atoms with van der Waals surface area (Å²) >= 11 is 0. The third-order valence-electron chi connectivity index (χ3n) is 3.88. The van der Waals surface area contributed by atoms with Gasteiger partial charge in [0.2, 0.25) is 5.91 Å². The number of hydrogen-bond acceptors (Lipinski definition) is 4. The topological polar surface area (TPSA) is 78.8 Å². The highest BCUT2D eigenvalue weighted by atomic mass is 16.5. The van der Waals surface area contributed by atoms with Crippen molar-refractivity contribution >= 4 is 13.0 Å². The molecule has 0 saturated carbocycles. The van der Waals surface area contributed by atoms with E-state index in [1.807, 2.05) is 61.5 Å². The van der Waals surface area contributed by atoms with Crippen LogP contribution in [0, 0.1) is 6.92 Å². The Balaban J connectivity index is 1.75. The molecule has 2 aromatic carbocycles. The number of hydrogen-bond donors (Lipinski definition) is 3. The lowest BCUT2D eigenvalue weighted by Gasteiger charge is -2.18. The fourth-order valence-electron chi connectivity index (χ4n) is 2.51. The van der Waals surface area contributed by atoms with Crippen LogP contribution in [0.25, 0.3) is 0 Å². The zero-order valence-corrected chi connectivity index (χ0v) is 14.4. The molecule has 2 rings (SSSR count). The highest BCUT2D eigenvalue weighted by Crippen LogP contribution is 2.12. The first kappa shape index (κ1) is 19.0. The molecule has 0 saturated heterocycles. The third-order valence-corrected chi connectivity index (χ3v) is 3.88. The van der Waals surface area contributed by atoms with Gasteiger partial charge in [-0.05, 0) is 43.0 Å². The molecule has 1 amide bonds. The molecular weight excluding hydrogens is 317 g/mol. The zero-order valence-electron chi connectivity index (χ0n) is 14.4. The van der Waals surface area contributed by atoms with E-state index in [2.05, 4.69) is 5.32 Å². The average Bonchev–Trinajstić information content (AvgIpc) is 2.59. The maximum Gasteiger partial charge on any atom is 0.475 e. The summed E-state index contributed by atoms with van der Waals surface area (Å²) in [5, 5.41) is 21.6. The van der Waals surface area contributed by atoms with Crippen molar-refractivity contribution in [1.82, 2.24) is 5.32 Å². The molecule has 6 heteroatoms. The molecular formula is C19H24BNO4. The molecule has 0 aliphatic heterocycles. The Kier molecular flexibility index (Phi) is 7.50. The summed E-state index contributed by atoms with van der Waals surface area (Å²) in [5.74, 6) is -0.249. The number of aryl methyl sites for hydroxylation is 2. The standard InChI is InChI=1S/C19H24BNO4/c1-15-6-5-9-17(14-15)25-13-12-19(22)21-18(20(23)24)11-10-16-7-3-2-4-8-16/h2-9,14,18,23-24H,10-13H2,1H3,(H,21,22). The molecule has 0 radical (unpaired) electrons. The zero-order chi connectivity index (χ0) is 18.1. The minimum Gasteiger partial charge on any atom is -0.493 e. The molecule has 0 aliphatic carbocycles. The van der Waals surface area contributed by atoms with Crippen LogP contribution >= 0.6 is 0 Å². The number of carbonyl (C=O) groups is 1. The monoisotopic (exact) mass is 341 g/mol. The maximum absolute atomic E-state index is 12.0. The van der Waals surface area contributed by atoms with E-state index in [1.54, 1.807) is 0 Å². The van der Waals surface area contributed by atoms with Crippen LogP contribution in [0.4, 0.5) is 0 Å². The van der Waals surface area contributed by atoms with Crippen molar-refractivity contribution in [2.75, 3.05) is 6.61 Å². The first-order chi connectivity index (χ1) is 12.0. The second-order valence-corrected chi connectivity index (χ2v) is 6.03. The van der Waals surface area contributed by atoms with Crippen molar-refractivity contribution in [3.8, 4) is 5.75 Å². The summed E-state index contributed by atoms with van der Waals surface area (Å²) in [6.07, 6.45) is 1.26. The van der Waals surface area contributed by atoms with Crippen LogP contribution in [-0.2, 0) is 11.2 Å². The van der Waals surface area contributed by atoms with Crippen molar-refractivity contribution in [2.45, 2.75) is 32.1 Å². The van der Waals surface area contributed by atoms with Gasteiger partial charge in [0.05, 0.1) is 19.0 Å². The summed E-state index contributed by atoms with van der Waals surface area (Å²) in [6.45, 7) is 2.21. The van der Waals surface area contributed by atoms with E-state index in [0.29, 0.717) is 12.8 Å². The molecule has 25 heavy (non-hydrogen) atoms. The lowest BCUT2D eigenvalue weighted by molar-refractivity contribution is -0.122. The predicted octanol–water partition coefficient (Wildman–Crippen LogP) is 1.89. The van der Waals surface area contributed by atoms with E-state index in [4.69, 9.17) is 4.74 Å².